The molecule has 0 saturated carbocycles. The van der Waals surface area contributed by atoms with Crippen LogP contribution in [0.15, 0.2) is 48.5 Å². The van der Waals surface area contributed by atoms with Crippen molar-refractivity contribution in [2.75, 3.05) is 6.54 Å². The van der Waals surface area contributed by atoms with E-state index in [2.05, 4.69) is 0 Å². The topological polar surface area (TPSA) is 20.1 Å². The van der Waals surface area contributed by atoms with Gasteiger partial charge in [0, 0.05) is 17.1 Å². The van der Waals surface area contributed by atoms with Crippen molar-refractivity contribution >= 4 is 17.5 Å². The molecule has 96 valence electrons. The highest BCUT2D eigenvalue weighted by molar-refractivity contribution is 6.30. The molecule has 1 saturated heterocycles. The average Bonchev–Trinajstić information content (AvgIpc) is 3.20. The van der Waals surface area contributed by atoms with Gasteiger partial charge in [0.2, 0.25) is 0 Å². The van der Waals surface area contributed by atoms with Crippen LogP contribution in [0.1, 0.15) is 27.5 Å². The summed E-state index contributed by atoms with van der Waals surface area (Å²) in [6, 6.07) is 15.6. The van der Waals surface area contributed by atoms with Gasteiger partial charge >= 0.3 is 0 Å². The summed E-state index contributed by atoms with van der Waals surface area (Å²) < 4.78 is 0. The van der Waals surface area contributed by atoms with Crippen LogP contribution in [0.25, 0.3) is 0 Å². The Kier molecular flexibility index (Phi) is 3.03. The molecule has 2 aromatic carbocycles. The molecule has 0 spiro atoms. The summed E-state index contributed by atoms with van der Waals surface area (Å²) in [7, 11) is 0. The third kappa shape index (κ3) is 2.49. The highest BCUT2D eigenvalue weighted by Gasteiger charge is 2.39. The molecule has 3 heteroatoms. The van der Waals surface area contributed by atoms with Crippen molar-refractivity contribution in [2.24, 2.45) is 0 Å². The summed E-state index contributed by atoms with van der Waals surface area (Å²) in [6.45, 7) is 2.80. The summed E-state index contributed by atoms with van der Waals surface area (Å²) in [5.41, 5.74) is 3.06. The van der Waals surface area contributed by atoms with Gasteiger partial charge in [-0.25, -0.2) is 0 Å². The third-order valence-electron chi connectivity index (χ3n) is 3.43. The minimum atomic E-state index is 0.0972. The van der Waals surface area contributed by atoms with Crippen molar-refractivity contribution in [3.8, 4) is 0 Å². The second kappa shape index (κ2) is 4.71. The Hall–Kier alpha value is -1.80. The number of amides is 1. The van der Waals surface area contributed by atoms with Gasteiger partial charge in [0.15, 0.2) is 0 Å². The number of nitrogens with zero attached hydrogens (tertiary/aromatic N) is 1. The molecule has 1 fully saturated rings. The molecule has 1 aliphatic rings. The van der Waals surface area contributed by atoms with Crippen molar-refractivity contribution in [1.29, 1.82) is 0 Å². The Bertz CT molecular complexity index is 604. The third-order valence-corrected chi connectivity index (χ3v) is 3.68. The molecule has 1 amide bonds. The van der Waals surface area contributed by atoms with E-state index in [0.29, 0.717) is 0 Å². The Morgan fingerprint density at radius 2 is 1.74 bits per heavy atom. The zero-order chi connectivity index (χ0) is 13.4. The maximum absolute atomic E-state index is 12.3. The average molecular weight is 272 g/mol. The molecule has 1 atom stereocenters. The molecular formula is C16H14ClNO. The number of aryl methyl sites for hydroxylation is 1. The standard InChI is InChI=1S/C16H14ClNO/c1-11-2-4-13(5-3-11)16(19)18-10-15(18)12-6-8-14(17)9-7-12/h2-9,15H,10H2,1H3. The Morgan fingerprint density at radius 1 is 1.11 bits per heavy atom. The first-order valence-corrected chi connectivity index (χ1v) is 6.66. The molecule has 0 aromatic heterocycles. The zero-order valence-corrected chi connectivity index (χ0v) is 11.4. The van der Waals surface area contributed by atoms with Crippen LogP contribution in [-0.2, 0) is 0 Å². The SMILES string of the molecule is Cc1ccc(C(=O)N2CC2c2ccc(Cl)cc2)cc1. The lowest BCUT2D eigenvalue weighted by molar-refractivity contribution is 0.0874. The van der Waals surface area contributed by atoms with Gasteiger partial charge in [-0.15, -0.1) is 0 Å². The van der Waals surface area contributed by atoms with E-state index in [1.165, 1.54) is 0 Å². The number of carbonyl (C=O) groups excluding carboxylic acids is 1. The predicted molar refractivity (Wildman–Crippen MR) is 76.4 cm³/mol. The largest absolute Gasteiger partial charge is 0.327 e. The lowest BCUT2D eigenvalue weighted by Gasteiger charge is -2.05. The molecule has 2 aromatic rings. The highest BCUT2D eigenvalue weighted by atomic mass is 35.5. The first-order chi connectivity index (χ1) is 9.15. The molecule has 0 radical (unpaired) electrons. The zero-order valence-electron chi connectivity index (χ0n) is 10.6. The van der Waals surface area contributed by atoms with Crippen LogP contribution in [0, 0.1) is 6.92 Å². The molecular weight excluding hydrogens is 258 g/mol. The molecule has 1 heterocycles. The second-order valence-corrected chi connectivity index (χ2v) is 5.33. The quantitative estimate of drug-likeness (QED) is 0.760. The second-order valence-electron chi connectivity index (χ2n) is 4.89. The van der Waals surface area contributed by atoms with Gasteiger partial charge in [-0.3, -0.25) is 4.79 Å². The van der Waals surface area contributed by atoms with E-state index in [1.807, 2.05) is 60.4 Å². The monoisotopic (exact) mass is 271 g/mol. The summed E-state index contributed by atoms with van der Waals surface area (Å²) >= 11 is 5.87. The molecule has 0 aliphatic carbocycles. The van der Waals surface area contributed by atoms with E-state index >= 15 is 0 Å². The van der Waals surface area contributed by atoms with E-state index in [-0.39, 0.29) is 11.9 Å². The van der Waals surface area contributed by atoms with Gasteiger partial charge in [-0.05, 0) is 36.8 Å². The Morgan fingerprint density at radius 3 is 2.37 bits per heavy atom. The van der Waals surface area contributed by atoms with Gasteiger partial charge in [0.1, 0.15) is 0 Å². The molecule has 19 heavy (non-hydrogen) atoms. The molecule has 0 N–H and O–H groups in total. The fourth-order valence-corrected chi connectivity index (χ4v) is 2.32. The van der Waals surface area contributed by atoms with Crippen molar-refractivity contribution in [3.05, 3.63) is 70.2 Å². The van der Waals surface area contributed by atoms with Crippen molar-refractivity contribution in [1.82, 2.24) is 4.90 Å². The van der Waals surface area contributed by atoms with Crippen LogP contribution in [0.3, 0.4) is 0 Å². The van der Waals surface area contributed by atoms with E-state index in [0.717, 1.165) is 28.3 Å². The van der Waals surface area contributed by atoms with Crippen LogP contribution in [0.2, 0.25) is 5.02 Å². The number of hydrogen-bond donors (Lipinski definition) is 0. The fraction of sp³-hybridized carbons (Fsp3) is 0.188. The normalized spacial score (nSPS) is 17.4. The first-order valence-electron chi connectivity index (χ1n) is 6.28. The summed E-state index contributed by atoms with van der Waals surface area (Å²) in [5.74, 6) is 0.0972. The van der Waals surface area contributed by atoms with Gasteiger partial charge in [0.05, 0.1) is 6.04 Å². The maximum Gasteiger partial charge on any atom is 0.254 e. The van der Waals surface area contributed by atoms with Gasteiger partial charge in [-0.2, -0.15) is 0 Å². The highest BCUT2D eigenvalue weighted by Crippen LogP contribution is 2.36. The minimum Gasteiger partial charge on any atom is -0.327 e. The van der Waals surface area contributed by atoms with Crippen LogP contribution in [0.5, 0.6) is 0 Å². The van der Waals surface area contributed by atoms with Crippen molar-refractivity contribution < 1.29 is 4.79 Å². The van der Waals surface area contributed by atoms with Crippen LogP contribution >= 0.6 is 11.6 Å². The maximum atomic E-state index is 12.3. The van der Waals surface area contributed by atoms with Crippen molar-refractivity contribution in [2.45, 2.75) is 13.0 Å². The van der Waals surface area contributed by atoms with Crippen molar-refractivity contribution in [3.63, 3.8) is 0 Å². The summed E-state index contributed by atoms with van der Waals surface area (Å²) in [4.78, 5) is 14.1. The van der Waals surface area contributed by atoms with Crippen LogP contribution in [-0.4, -0.2) is 17.4 Å². The number of hydrogen-bond acceptors (Lipinski definition) is 1. The molecule has 2 nitrogen and oxygen atoms in total. The Balaban J connectivity index is 1.74. The molecule has 1 unspecified atom stereocenters. The molecule has 3 rings (SSSR count). The van der Waals surface area contributed by atoms with E-state index < -0.39 is 0 Å². The number of benzene rings is 2. The summed E-state index contributed by atoms with van der Waals surface area (Å²) in [5, 5.41) is 0.723. The van der Waals surface area contributed by atoms with E-state index in [4.69, 9.17) is 11.6 Å². The number of halogens is 1. The fourth-order valence-electron chi connectivity index (χ4n) is 2.20. The van der Waals surface area contributed by atoms with Crippen LogP contribution < -0.4 is 0 Å². The Labute approximate surface area is 117 Å². The lowest BCUT2D eigenvalue weighted by Crippen LogP contribution is -2.11. The first kappa shape index (κ1) is 12.2. The summed E-state index contributed by atoms with van der Waals surface area (Å²) in [6.07, 6.45) is 0. The van der Waals surface area contributed by atoms with E-state index in [9.17, 15) is 4.79 Å². The number of rotatable bonds is 2. The van der Waals surface area contributed by atoms with E-state index in [1.54, 1.807) is 0 Å². The molecule has 0 bridgehead atoms. The van der Waals surface area contributed by atoms with Crippen LogP contribution in [0.4, 0.5) is 0 Å². The molecule has 1 aliphatic heterocycles. The lowest BCUT2D eigenvalue weighted by atomic mass is 10.1. The van der Waals surface area contributed by atoms with Gasteiger partial charge in [0.25, 0.3) is 5.91 Å². The minimum absolute atomic E-state index is 0.0972. The van der Waals surface area contributed by atoms with Gasteiger partial charge < -0.3 is 4.90 Å². The smallest absolute Gasteiger partial charge is 0.254 e. The number of carbonyl (C=O) groups is 1. The predicted octanol–water partition coefficient (Wildman–Crippen LogP) is 3.85. The van der Waals surface area contributed by atoms with Gasteiger partial charge in [-0.1, -0.05) is 41.4 Å².